The average molecular weight is 351 g/mol. The summed E-state index contributed by atoms with van der Waals surface area (Å²) in [5.41, 5.74) is 0.495. The molecule has 2 amide bonds. The van der Waals surface area contributed by atoms with Crippen LogP contribution in [0.1, 0.15) is 51.8 Å². The van der Waals surface area contributed by atoms with Crippen molar-refractivity contribution in [1.29, 1.82) is 0 Å². The van der Waals surface area contributed by atoms with Crippen molar-refractivity contribution in [3.8, 4) is 0 Å². The van der Waals surface area contributed by atoms with Crippen LogP contribution in [0.3, 0.4) is 0 Å². The van der Waals surface area contributed by atoms with Crippen molar-refractivity contribution in [3.05, 3.63) is 71.3 Å². The lowest BCUT2D eigenvalue weighted by Gasteiger charge is -2.34. The third-order valence-corrected chi connectivity index (χ3v) is 4.51. The maximum atomic E-state index is 12.6. The Balaban J connectivity index is 1.71. The minimum absolute atomic E-state index is 0.0677. The quantitative estimate of drug-likeness (QED) is 0.591. The van der Waals surface area contributed by atoms with Gasteiger partial charge in [0.05, 0.1) is 23.3 Å². The van der Waals surface area contributed by atoms with E-state index in [1.165, 1.54) is 4.90 Å². The van der Waals surface area contributed by atoms with E-state index in [4.69, 9.17) is 4.74 Å². The molecule has 0 spiro atoms. The Morgan fingerprint density at radius 2 is 1.46 bits per heavy atom. The number of ketones is 1. The number of hydrogen-bond acceptors (Lipinski definition) is 4. The topological polar surface area (TPSA) is 63.7 Å². The van der Waals surface area contributed by atoms with E-state index in [-0.39, 0.29) is 24.2 Å². The van der Waals surface area contributed by atoms with Gasteiger partial charge < -0.3 is 4.74 Å². The highest BCUT2D eigenvalue weighted by Gasteiger charge is 2.44. The third kappa shape index (κ3) is 3.18. The zero-order chi connectivity index (χ0) is 18.9. The summed E-state index contributed by atoms with van der Waals surface area (Å²) in [4.78, 5) is 38.9. The molecule has 0 saturated carbocycles. The van der Waals surface area contributed by atoms with Gasteiger partial charge in [0.1, 0.15) is 6.10 Å². The van der Waals surface area contributed by atoms with Gasteiger partial charge in [-0.2, -0.15) is 0 Å². The zero-order valence-corrected chi connectivity index (χ0v) is 15.1. The molecule has 0 aliphatic carbocycles. The number of benzene rings is 2. The Hall–Kier alpha value is -2.79. The fourth-order valence-corrected chi connectivity index (χ4v) is 3.05. The van der Waals surface area contributed by atoms with Gasteiger partial charge in [0, 0.05) is 5.56 Å². The molecular formula is C21H21NO4. The number of carbonyl (C=O) groups excluding carboxylic acids is 3. The second kappa shape index (κ2) is 6.84. The maximum absolute atomic E-state index is 12.6. The molecular weight excluding hydrogens is 330 g/mol. The van der Waals surface area contributed by atoms with Gasteiger partial charge in [-0.25, -0.2) is 0 Å². The molecule has 0 bridgehead atoms. The van der Waals surface area contributed by atoms with Gasteiger partial charge in [-0.1, -0.05) is 42.5 Å². The Labute approximate surface area is 152 Å². The van der Waals surface area contributed by atoms with E-state index in [0.29, 0.717) is 16.7 Å². The molecule has 5 nitrogen and oxygen atoms in total. The standard InChI is InChI=1S/C21H21NO4/c1-14(18(23)15-9-5-4-6-10-15)26-13-21(2,3)22-19(24)16-11-7-8-12-17(16)20(22)25/h4-12,14H,13H2,1-3H3. The number of ether oxygens (including phenoxy) is 1. The summed E-state index contributed by atoms with van der Waals surface area (Å²) >= 11 is 0. The Morgan fingerprint density at radius 3 is 2.00 bits per heavy atom. The number of Topliss-reactive ketones (excluding diaryl/α,β-unsaturated/α-hetero) is 1. The van der Waals surface area contributed by atoms with E-state index in [2.05, 4.69) is 0 Å². The summed E-state index contributed by atoms with van der Waals surface area (Å²) < 4.78 is 5.74. The normalized spacial score (nSPS) is 15.1. The van der Waals surface area contributed by atoms with Crippen molar-refractivity contribution in [2.45, 2.75) is 32.4 Å². The van der Waals surface area contributed by atoms with Gasteiger partial charge in [0.2, 0.25) is 0 Å². The van der Waals surface area contributed by atoms with Crippen molar-refractivity contribution in [2.24, 2.45) is 0 Å². The van der Waals surface area contributed by atoms with E-state index in [1.54, 1.807) is 69.3 Å². The van der Waals surface area contributed by atoms with Gasteiger partial charge in [-0.3, -0.25) is 19.3 Å². The lowest BCUT2D eigenvalue weighted by atomic mass is 10.0. The SMILES string of the molecule is CC(OCC(C)(C)N1C(=O)c2ccccc2C1=O)C(=O)c1ccccc1. The first-order valence-corrected chi connectivity index (χ1v) is 8.52. The van der Waals surface area contributed by atoms with Gasteiger partial charge in [0.25, 0.3) is 11.8 Å². The van der Waals surface area contributed by atoms with Crippen LogP contribution in [0, 0.1) is 0 Å². The van der Waals surface area contributed by atoms with E-state index in [9.17, 15) is 14.4 Å². The summed E-state index contributed by atoms with van der Waals surface area (Å²) in [7, 11) is 0. The minimum atomic E-state index is -0.877. The van der Waals surface area contributed by atoms with Crippen LogP contribution in [-0.2, 0) is 4.74 Å². The van der Waals surface area contributed by atoms with Crippen molar-refractivity contribution in [2.75, 3.05) is 6.61 Å². The van der Waals surface area contributed by atoms with Gasteiger partial charge in [-0.15, -0.1) is 0 Å². The molecule has 3 rings (SSSR count). The van der Waals surface area contributed by atoms with Gasteiger partial charge in [-0.05, 0) is 32.9 Å². The lowest BCUT2D eigenvalue weighted by molar-refractivity contribution is -0.00273. The lowest BCUT2D eigenvalue weighted by Crippen LogP contribution is -2.51. The summed E-state index contributed by atoms with van der Waals surface area (Å²) in [5, 5.41) is 0. The molecule has 0 saturated heterocycles. The predicted molar refractivity (Wildman–Crippen MR) is 97.2 cm³/mol. The highest BCUT2D eigenvalue weighted by Crippen LogP contribution is 2.29. The third-order valence-electron chi connectivity index (χ3n) is 4.51. The average Bonchev–Trinajstić information content (AvgIpc) is 2.91. The molecule has 2 aromatic rings. The second-order valence-electron chi connectivity index (χ2n) is 6.99. The minimum Gasteiger partial charge on any atom is -0.368 e. The molecule has 0 N–H and O–H groups in total. The molecule has 26 heavy (non-hydrogen) atoms. The van der Waals surface area contributed by atoms with Crippen LogP contribution >= 0.6 is 0 Å². The van der Waals surface area contributed by atoms with Crippen LogP contribution in [0.4, 0.5) is 0 Å². The fourth-order valence-electron chi connectivity index (χ4n) is 3.05. The smallest absolute Gasteiger partial charge is 0.262 e. The van der Waals surface area contributed by atoms with Crippen molar-refractivity contribution in [1.82, 2.24) is 4.90 Å². The summed E-state index contributed by atoms with van der Waals surface area (Å²) in [5.74, 6) is -0.800. The Kier molecular flexibility index (Phi) is 4.74. The van der Waals surface area contributed by atoms with Crippen LogP contribution < -0.4 is 0 Å². The molecule has 134 valence electrons. The summed E-state index contributed by atoms with van der Waals surface area (Å²) in [6.07, 6.45) is -0.674. The fraction of sp³-hybridized carbons (Fsp3) is 0.286. The van der Waals surface area contributed by atoms with E-state index in [1.807, 2.05) is 6.07 Å². The highest BCUT2D eigenvalue weighted by molar-refractivity contribution is 6.21. The monoisotopic (exact) mass is 351 g/mol. The van der Waals surface area contributed by atoms with Crippen molar-refractivity contribution in [3.63, 3.8) is 0 Å². The Morgan fingerprint density at radius 1 is 0.962 bits per heavy atom. The van der Waals surface area contributed by atoms with Crippen LogP contribution in [-0.4, -0.2) is 40.7 Å². The molecule has 1 atom stereocenters. The van der Waals surface area contributed by atoms with Crippen LogP contribution in [0.25, 0.3) is 0 Å². The largest absolute Gasteiger partial charge is 0.368 e. The predicted octanol–water partition coefficient (Wildman–Crippen LogP) is 3.35. The first-order chi connectivity index (χ1) is 12.3. The molecule has 0 aromatic heterocycles. The number of nitrogens with zero attached hydrogens (tertiary/aromatic N) is 1. The zero-order valence-electron chi connectivity index (χ0n) is 15.1. The molecule has 1 aliphatic heterocycles. The van der Waals surface area contributed by atoms with Crippen LogP contribution in [0.15, 0.2) is 54.6 Å². The van der Waals surface area contributed by atoms with Crippen LogP contribution in [0.2, 0.25) is 0 Å². The Bertz CT molecular complexity index is 822. The number of imide groups is 1. The first kappa shape index (κ1) is 18.0. The number of carbonyl (C=O) groups is 3. The summed E-state index contributed by atoms with van der Waals surface area (Å²) in [6, 6.07) is 15.7. The molecule has 0 fully saturated rings. The first-order valence-electron chi connectivity index (χ1n) is 8.52. The molecule has 5 heteroatoms. The number of fused-ring (bicyclic) bond motifs is 1. The summed E-state index contributed by atoms with van der Waals surface area (Å²) in [6.45, 7) is 5.26. The van der Waals surface area contributed by atoms with Crippen molar-refractivity contribution < 1.29 is 19.1 Å². The van der Waals surface area contributed by atoms with Crippen molar-refractivity contribution >= 4 is 17.6 Å². The van der Waals surface area contributed by atoms with Crippen LogP contribution in [0.5, 0.6) is 0 Å². The van der Waals surface area contributed by atoms with Gasteiger partial charge >= 0.3 is 0 Å². The maximum Gasteiger partial charge on any atom is 0.262 e. The molecule has 1 aliphatic rings. The van der Waals surface area contributed by atoms with E-state index >= 15 is 0 Å². The second-order valence-corrected chi connectivity index (χ2v) is 6.99. The number of hydrogen-bond donors (Lipinski definition) is 0. The van der Waals surface area contributed by atoms with Gasteiger partial charge in [0.15, 0.2) is 5.78 Å². The molecule has 1 heterocycles. The van der Waals surface area contributed by atoms with E-state index in [0.717, 1.165) is 0 Å². The number of amides is 2. The van der Waals surface area contributed by atoms with E-state index < -0.39 is 11.6 Å². The molecule has 2 aromatic carbocycles. The number of rotatable bonds is 6. The highest BCUT2D eigenvalue weighted by atomic mass is 16.5. The molecule has 1 unspecified atom stereocenters. The molecule has 0 radical (unpaired) electrons.